The minimum atomic E-state index is -0.448. The van der Waals surface area contributed by atoms with Crippen molar-refractivity contribution >= 4 is 5.91 Å². The van der Waals surface area contributed by atoms with Crippen LogP contribution in [0, 0.1) is 0 Å². The van der Waals surface area contributed by atoms with E-state index >= 15 is 0 Å². The number of amides is 1. The number of carbonyl (C=O) groups is 1. The smallest absolute Gasteiger partial charge is 0.237 e. The number of carbonyl (C=O) groups excluding carboxylic acids is 1. The topological polar surface area (TPSA) is 104 Å². The summed E-state index contributed by atoms with van der Waals surface area (Å²) in [6.45, 7) is 1.13. The molecular formula is C7H13N5O. The number of nitrogens with zero attached hydrogens (tertiary/aromatic N) is 3. The van der Waals surface area contributed by atoms with E-state index in [-0.39, 0.29) is 5.91 Å². The van der Waals surface area contributed by atoms with E-state index in [1.54, 1.807) is 0 Å². The lowest BCUT2D eigenvalue weighted by atomic mass is 10.2. The van der Waals surface area contributed by atoms with Crippen LogP contribution >= 0.6 is 0 Å². The lowest BCUT2D eigenvalue weighted by Gasteiger charge is -2.11. The third-order valence-electron chi connectivity index (χ3n) is 2.18. The molecule has 0 spiro atoms. The molecule has 0 saturated heterocycles. The van der Waals surface area contributed by atoms with Gasteiger partial charge in [-0.15, -0.1) is 0 Å². The number of nitrogens with one attached hydrogen (secondary N) is 1. The van der Waals surface area contributed by atoms with Crippen molar-refractivity contribution in [1.29, 1.82) is 0 Å². The maximum atomic E-state index is 10.9. The first kappa shape index (κ1) is 9.83. The number of hydrogen-bond acceptors (Lipinski definition) is 3. The highest BCUT2D eigenvalue weighted by Crippen LogP contribution is 2.34. The molecule has 0 aromatic heterocycles. The highest BCUT2D eigenvalue weighted by molar-refractivity contribution is 5.87. The molecule has 0 radical (unpaired) electrons. The first-order chi connectivity index (χ1) is 6.21. The molecule has 0 unspecified atom stereocenters. The zero-order chi connectivity index (χ0) is 9.73. The van der Waals surface area contributed by atoms with Gasteiger partial charge in [0.1, 0.15) is 0 Å². The number of primary amides is 1. The second kappa shape index (κ2) is 4.11. The Kier molecular flexibility index (Phi) is 3.11. The minimum Gasteiger partial charge on any atom is -0.368 e. The molecule has 0 heterocycles. The lowest BCUT2D eigenvalue weighted by Crippen LogP contribution is -2.44. The summed E-state index contributed by atoms with van der Waals surface area (Å²) >= 11 is 0. The van der Waals surface area contributed by atoms with Crippen molar-refractivity contribution in [2.45, 2.75) is 24.8 Å². The van der Waals surface area contributed by atoms with Gasteiger partial charge in [-0.05, 0) is 31.3 Å². The van der Waals surface area contributed by atoms with Crippen molar-refractivity contribution in [3.63, 3.8) is 0 Å². The second-order valence-electron chi connectivity index (χ2n) is 3.18. The van der Waals surface area contributed by atoms with E-state index in [4.69, 9.17) is 11.3 Å². The number of azide groups is 1. The predicted molar refractivity (Wildman–Crippen MR) is 47.8 cm³/mol. The molecule has 1 aliphatic carbocycles. The Morgan fingerprint density at radius 2 is 2.38 bits per heavy atom. The van der Waals surface area contributed by atoms with E-state index in [0.717, 1.165) is 19.3 Å². The fraction of sp³-hybridized carbons (Fsp3) is 0.857. The molecule has 0 bridgehead atoms. The molecule has 1 amide bonds. The second-order valence-corrected chi connectivity index (χ2v) is 3.18. The highest BCUT2D eigenvalue weighted by atomic mass is 16.1. The van der Waals surface area contributed by atoms with Gasteiger partial charge in [0.25, 0.3) is 0 Å². The van der Waals surface area contributed by atoms with Crippen molar-refractivity contribution in [3.8, 4) is 0 Å². The zero-order valence-corrected chi connectivity index (χ0v) is 7.36. The SMILES string of the molecule is [N-]=[N+]=NCCCNC1(C(N)=O)CC1. The third-order valence-corrected chi connectivity index (χ3v) is 2.18. The molecule has 72 valence electrons. The third kappa shape index (κ3) is 2.61. The van der Waals surface area contributed by atoms with Crippen molar-refractivity contribution in [3.05, 3.63) is 10.4 Å². The first-order valence-corrected chi connectivity index (χ1v) is 4.27. The maximum Gasteiger partial charge on any atom is 0.237 e. The fourth-order valence-corrected chi connectivity index (χ4v) is 1.16. The largest absolute Gasteiger partial charge is 0.368 e. The van der Waals surface area contributed by atoms with E-state index < -0.39 is 5.54 Å². The summed E-state index contributed by atoms with van der Waals surface area (Å²) in [7, 11) is 0. The lowest BCUT2D eigenvalue weighted by molar-refractivity contribution is -0.121. The van der Waals surface area contributed by atoms with Crippen LogP contribution in [0.25, 0.3) is 10.4 Å². The van der Waals surface area contributed by atoms with Crippen molar-refractivity contribution < 1.29 is 4.79 Å². The fourth-order valence-electron chi connectivity index (χ4n) is 1.16. The number of hydrogen-bond donors (Lipinski definition) is 2. The van der Waals surface area contributed by atoms with Gasteiger partial charge in [-0.3, -0.25) is 4.79 Å². The van der Waals surface area contributed by atoms with Crippen molar-refractivity contribution in [2.24, 2.45) is 10.8 Å². The zero-order valence-electron chi connectivity index (χ0n) is 7.36. The normalized spacial score (nSPS) is 17.5. The van der Waals surface area contributed by atoms with Crippen LogP contribution in [0.3, 0.4) is 0 Å². The van der Waals surface area contributed by atoms with Crippen LogP contribution < -0.4 is 11.1 Å². The Hall–Kier alpha value is -1.26. The van der Waals surface area contributed by atoms with Crippen LogP contribution in [0.5, 0.6) is 0 Å². The van der Waals surface area contributed by atoms with E-state index in [1.807, 2.05) is 0 Å². The summed E-state index contributed by atoms with van der Waals surface area (Å²) in [5, 5.41) is 6.45. The van der Waals surface area contributed by atoms with Gasteiger partial charge in [0.2, 0.25) is 5.91 Å². The number of nitrogens with two attached hydrogens (primary N) is 1. The van der Waals surface area contributed by atoms with Crippen molar-refractivity contribution in [2.75, 3.05) is 13.1 Å². The molecule has 1 rings (SSSR count). The average Bonchev–Trinajstić information content (AvgIpc) is 2.85. The summed E-state index contributed by atoms with van der Waals surface area (Å²) in [4.78, 5) is 13.5. The Labute approximate surface area is 76.1 Å². The molecule has 3 N–H and O–H groups in total. The molecule has 1 fully saturated rings. The monoisotopic (exact) mass is 183 g/mol. The van der Waals surface area contributed by atoms with Gasteiger partial charge in [0, 0.05) is 11.5 Å². The van der Waals surface area contributed by atoms with E-state index in [9.17, 15) is 4.79 Å². The van der Waals surface area contributed by atoms with Gasteiger partial charge < -0.3 is 11.1 Å². The molecule has 1 aliphatic rings. The molecule has 6 heteroatoms. The molecule has 1 saturated carbocycles. The van der Waals surface area contributed by atoms with Crippen LogP contribution in [-0.2, 0) is 4.79 Å². The molecule has 6 nitrogen and oxygen atoms in total. The molecule has 0 aromatic rings. The van der Waals surface area contributed by atoms with Crippen LogP contribution in [0.2, 0.25) is 0 Å². The van der Waals surface area contributed by atoms with Gasteiger partial charge in [0.05, 0.1) is 5.54 Å². The predicted octanol–water partition coefficient (Wildman–Crippen LogP) is 0.294. The highest BCUT2D eigenvalue weighted by Gasteiger charge is 2.47. The van der Waals surface area contributed by atoms with E-state index in [1.165, 1.54) is 0 Å². The summed E-state index contributed by atoms with van der Waals surface area (Å²) in [5.74, 6) is -0.281. The quantitative estimate of drug-likeness (QED) is 0.267. The summed E-state index contributed by atoms with van der Waals surface area (Å²) in [5.41, 5.74) is 12.7. The van der Waals surface area contributed by atoms with E-state index in [2.05, 4.69) is 15.3 Å². The molecular weight excluding hydrogens is 170 g/mol. The molecule has 0 atom stereocenters. The Balaban J connectivity index is 2.12. The Bertz CT molecular complexity index is 241. The summed E-state index contributed by atoms with van der Waals surface area (Å²) in [6.07, 6.45) is 2.38. The van der Waals surface area contributed by atoms with E-state index in [0.29, 0.717) is 13.1 Å². The maximum absolute atomic E-state index is 10.9. The summed E-state index contributed by atoms with van der Waals surface area (Å²) < 4.78 is 0. The van der Waals surface area contributed by atoms with Gasteiger partial charge in [0.15, 0.2) is 0 Å². The number of rotatable bonds is 6. The molecule has 0 aromatic carbocycles. The summed E-state index contributed by atoms with van der Waals surface area (Å²) in [6, 6.07) is 0. The van der Waals surface area contributed by atoms with Gasteiger partial charge in [-0.2, -0.15) is 0 Å². The van der Waals surface area contributed by atoms with Crippen LogP contribution in [0.1, 0.15) is 19.3 Å². The Morgan fingerprint density at radius 1 is 1.69 bits per heavy atom. The Morgan fingerprint density at radius 3 is 2.85 bits per heavy atom. The van der Waals surface area contributed by atoms with Gasteiger partial charge in [-0.25, -0.2) is 0 Å². The van der Waals surface area contributed by atoms with Gasteiger partial charge >= 0.3 is 0 Å². The molecule has 13 heavy (non-hydrogen) atoms. The van der Waals surface area contributed by atoms with Crippen LogP contribution in [0.4, 0.5) is 0 Å². The molecule has 0 aliphatic heterocycles. The standard InChI is InChI=1S/C7H13N5O/c8-6(13)7(2-3-7)10-4-1-5-11-12-9/h10H,1-5H2,(H2,8,13). The first-order valence-electron chi connectivity index (χ1n) is 4.27. The van der Waals surface area contributed by atoms with Crippen LogP contribution in [-0.4, -0.2) is 24.5 Å². The van der Waals surface area contributed by atoms with Crippen LogP contribution in [0.15, 0.2) is 5.11 Å². The van der Waals surface area contributed by atoms with Crippen molar-refractivity contribution in [1.82, 2.24) is 5.32 Å². The minimum absolute atomic E-state index is 0.281. The van der Waals surface area contributed by atoms with Gasteiger partial charge in [-0.1, -0.05) is 5.11 Å². The average molecular weight is 183 g/mol.